The summed E-state index contributed by atoms with van der Waals surface area (Å²) in [4.78, 5) is 17.3. The summed E-state index contributed by atoms with van der Waals surface area (Å²) in [5.74, 6) is 1.03. The number of nitrogens with one attached hydrogen (secondary N) is 2. The van der Waals surface area contributed by atoms with E-state index < -0.39 is 0 Å². The van der Waals surface area contributed by atoms with Crippen molar-refractivity contribution in [3.8, 4) is 5.75 Å². The van der Waals surface area contributed by atoms with E-state index in [0.717, 1.165) is 43.9 Å². The molecule has 0 bridgehead atoms. The second-order valence-corrected chi connectivity index (χ2v) is 7.55. The summed E-state index contributed by atoms with van der Waals surface area (Å²) in [6.45, 7) is 5.38. The molecule has 0 saturated carbocycles. The number of hydrogen-bond acceptors (Lipinski definition) is 5. The Labute approximate surface area is 166 Å². The Hall–Kier alpha value is -2.57. The number of aryl methyl sites for hydroxylation is 1. The average Bonchev–Trinajstić information content (AvgIpc) is 3.24. The maximum Gasteiger partial charge on any atom is 0.241 e. The van der Waals surface area contributed by atoms with Crippen molar-refractivity contribution < 1.29 is 9.53 Å². The first-order valence-corrected chi connectivity index (χ1v) is 9.89. The van der Waals surface area contributed by atoms with Crippen LogP contribution in [0.1, 0.15) is 23.6 Å². The first-order valence-electron chi connectivity index (χ1n) is 9.89. The number of nitrogens with zero attached hydrogens (tertiary/aromatic N) is 2. The maximum atomic E-state index is 13.0. The van der Waals surface area contributed by atoms with Crippen molar-refractivity contribution in [3.63, 3.8) is 0 Å². The molecule has 0 aromatic heterocycles. The molecule has 4 rings (SSSR count). The highest BCUT2D eigenvalue weighted by Gasteiger charge is 2.34. The smallest absolute Gasteiger partial charge is 0.241 e. The van der Waals surface area contributed by atoms with Crippen molar-refractivity contribution in [1.29, 1.82) is 0 Å². The number of anilines is 1. The molecule has 2 aliphatic heterocycles. The molecule has 6 heteroatoms. The van der Waals surface area contributed by atoms with Crippen LogP contribution in [0.3, 0.4) is 0 Å². The van der Waals surface area contributed by atoms with E-state index in [1.54, 1.807) is 7.11 Å². The van der Waals surface area contributed by atoms with Gasteiger partial charge in [0.05, 0.1) is 7.11 Å². The molecule has 2 heterocycles. The summed E-state index contributed by atoms with van der Waals surface area (Å²) >= 11 is 0. The van der Waals surface area contributed by atoms with Crippen LogP contribution in [-0.2, 0) is 4.79 Å². The lowest BCUT2D eigenvalue weighted by Gasteiger charge is -2.37. The number of ether oxygens (including phenoxy) is 1. The fourth-order valence-corrected chi connectivity index (χ4v) is 4.00. The first-order chi connectivity index (χ1) is 13.6. The highest BCUT2D eigenvalue weighted by atomic mass is 16.5. The van der Waals surface area contributed by atoms with Crippen LogP contribution in [0, 0.1) is 6.92 Å². The number of carbonyl (C=O) groups is 1. The SMILES string of the molecule is COc1ccc(C2CC(C(=O)N3CCN(c4cccc(C)c4)CC3)NN2)cc1. The number of hydrogen-bond donors (Lipinski definition) is 2. The van der Waals surface area contributed by atoms with Crippen LogP contribution in [0.2, 0.25) is 0 Å². The Balaban J connectivity index is 1.32. The molecule has 2 fully saturated rings. The summed E-state index contributed by atoms with van der Waals surface area (Å²) in [6, 6.07) is 16.5. The predicted molar refractivity (Wildman–Crippen MR) is 110 cm³/mol. The molecule has 6 nitrogen and oxygen atoms in total. The minimum atomic E-state index is -0.183. The topological polar surface area (TPSA) is 56.8 Å². The number of piperazine rings is 1. The van der Waals surface area contributed by atoms with E-state index in [1.165, 1.54) is 11.3 Å². The third-order valence-electron chi connectivity index (χ3n) is 5.68. The van der Waals surface area contributed by atoms with Gasteiger partial charge in [-0.05, 0) is 48.7 Å². The van der Waals surface area contributed by atoms with E-state index >= 15 is 0 Å². The highest BCUT2D eigenvalue weighted by Crippen LogP contribution is 2.25. The molecule has 2 unspecified atom stereocenters. The quantitative estimate of drug-likeness (QED) is 0.852. The van der Waals surface area contributed by atoms with Crippen LogP contribution in [0.5, 0.6) is 5.75 Å². The van der Waals surface area contributed by atoms with Gasteiger partial charge in [-0.3, -0.25) is 4.79 Å². The molecule has 0 radical (unpaired) electrons. The average molecular weight is 380 g/mol. The monoisotopic (exact) mass is 380 g/mol. The highest BCUT2D eigenvalue weighted by molar-refractivity contribution is 5.82. The minimum Gasteiger partial charge on any atom is -0.497 e. The normalized spacial score (nSPS) is 22.4. The van der Waals surface area contributed by atoms with Crippen LogP contribution >= 0.6 is 0 Å². The number of hydrazine groups is 1. The second-order valence-electron chi connectivity index (χ2n) is 7.55. The molecule has 2 saturated heterocycles. The molecule has 2 aliphatic rings. The Morgan fingerprint density at radius 1 is 1.04 bits per heavy atom. The van der Waals surface area contributed by atoms with Gasteiger partial charge in [-0.2, -0.15) is 0 Å². The standard InChI is InChI=1S/C22H28N4O2/c1-16-4-3-5-18(14-16)25-10-12-26(13-11-25)22(27)21-15-20(23-24-21)17-6-8-19(28-2)9-7-17/h3-9,14,20-21,23-24H,10-13,15H2,1-2H3. The number of methoxy groups -OCH3 is 1. The van der Waals surface area contributed by atoms with E-state index in [-0.39, 0.29) is 18.0 Å². The van der Waals surface area contributed by atoms with Crippen LogP contribution in [0.25, 0.3) is 0 Å². The predicted octanol–water partition coefficient (Wildman–Crippen LogP) is 2.26. The van der Waals surface area contributed by atoms with Gasteiger partial charge in [0.2, 0.25) is 5.91 Å². The first kappa shape index (κ1) is 18.8. The number of benzene rings is 2. The summed E-state index contributed by atoms with van der Waals surface area (Å²) in [7, 11) is 1.66. The largest absolute Gasteiger partial charge is 0.497 e. The summed E-state index contributed by atoms with van der Waals surface area (Å²) in [5, 5.41) is 0. The molecule has 1 amide bonds. The minimum absolute atomic E-state index is 0.133. The lowest BCUT2D eigenvalue weighted by atomic mass is 10.0. The van der Waals surface area contributed by atoms with Gasteiger partial charge in [-0.1, -0.05) is 24.3 Å². The Kier molecular flexibility index (Phi) is 5.50. The van der Waals surface area contributed by atoms with E-state index in [9.17, 15) is 4.79 Å². The van der Waals surface area contributed by atoms with Gasteiger partial charge in [0.15, 0.2) is 0 Å². The van der Waals surface area contributed by atoms with Crippen LogP contribution in [-0.4, -0.2) is 50.1 Å². The van der Waals surface area contributed by atoms with Gasteiger partial charge in [-0.25, -0.2) is 10.9 Å². The molecule has 2 aromatic carbocycles. The molecule has 2 aromatic rings. The van der Waals surface area contributed by atoms with Crippen LogP contribution in [0.4, 0.5) is 5.69 Å². The third-order valence-corrected chi connectivity index (χ3v) is 5.68. The molecule has 28 heavy (non-hydrogen) atoms. The Morgan fingerprint density at radius 3 is 2.46 bits per heavy atom. The number of rotatable bonds is 4. The molecular formula is C22H28N4O2. The van der Waals surface area contributed by atoms with Crippen molar-refractivity contribution in [2.75, 3.05) is 38.2 Å². The summed E-state index contributed by atoms with van der Waals surface area (Å²) in [6.07, 6.45) is 0.753. The molecule has 2 N–H and O–H groups in total. The summed E-state index contributed by atoms with van der Waals surface area (Å²) in [5.41, 5.74) is 10.1. The van der Waals surface area contributed by atoms with Gasteiger partial charge < -0.3 is 14.5 Å². The van der Waals surface area contributed by atoms with Crippen molar-refractivity contribution in [2.45, 2.75) is 25.4 Å². The Morgan fingerprint density at radius 2 is 1.79 bits per heavy atom. The van der Waals surface area contributed by atoms with Gasteiger partial charge >= 0.3 is 0 Å². The zero-order valence-corrected chi connectivity index (χ0v) is 16.5. The number of carbonyl (C=O) groups excluding carboxylic acids is 1. The zero-order valence-electron chi connectivity index (χ0n) is 16.5. The van der Waals surface area contributed by atoms with Crippen LogP contribution < -0.4 is 20.5 Å². The zero-order chi connectivity index (χ0) is 19.5. The van der Waals surface area contributed by atoms with Gasteiger partial charge in [-0.15, -0.1) is 0 Å². The van der Waals surface area contributed by atoms with Crippen molar-refractivity contribution in [2.24, 2.45) is 0 Å². The summed E-state index contributed by atoms with van der Waals surface area (Å²) < 4.78 is 5.22. The van der Waals surface area contributed by atoms with Gasteiger partial charge in [0.1, 0.15) is 11.8 Å². The maximum absolute atomic E-state index is 13.0. The van der Waals surface area contributed by atoms with Crippen molar-refractivity contribution in [3.05, 3.63) is 59.7 Å². The second kappa shape index (κ2) is 8.20. The Bertz CT molecular complexity index is 816. The molecule has 0 spiro atoms. The van der Waals surface area contributed by atoms with E-state index in [2.05, 4.69) is 46.9 Å². The lowest BCUT2D eigenvalue weighted by Crippen LogP contribution is -2.53. The third kappa shape index (κ3) is 3.98. The fourth-order valence-electron chi connectivity index (χ4n) is 4.00. The van der Waals surface area contributed by atoms with E-state index in [1.807, 2.05) is 29.2 Å². The van der Waals surface area contributed by atoms with Crippen molar-refractivity contribution in [1.82, 2.24) is 15.8 Å². The van der Waals surface area contributed by atoms with E-state index in [0.29, 0.717) is 0 Å². The molecule has 148 valence electrons. The lowest BCUT2D eigenvalue weighted by molar-refractivity contribution is -0.133. The van der Waals surface area contributed by atoms with Crippen molar-refractivity contribution >= 4 is 11.6 Å². The molecule has 2 atom stereocenters. The van der Waals surface area contributed by atoms with Gasteiger partial charge in [0.25, 0.3) is 0 Å². The van der Waals surface area contributed by atoms with Gasteiger partial charge in [0, 0.05) is 37.9 Å². The van der Waals surface area contributed by atoms with Crippen LogP contribution in [0.15, 0.2) is 48.5 Å². The van der Waals surface area contributed by atoms with E-state index in [4.69, 9.17) is 4.74 Å². The number of amides is 1. The molecule has 0 aliphatic carbocycles. The molecular weight excluding hydrogens is 352 g/mol. The fraction of sp³-hybridized carbons (Fsp3) is 0.409.